The van der Waals surface area contributed by atoms with E-state index in [1.807, 2.05) is 36.9 Å². The maximum atomic E-state index is 12.5. The summed E-state index contributed by atoms with van der Waals surface area (Å²) in [4.78, 5) is 26.3. The van der Waals surface area contributed by atoms with Crippen molar-refractivity contribution in [2.75, 3.05) is 33.4 Å². The van der Waals surface area contributed by atoms with Gasteiger partial charge < -0.3 is 10.1 Å². The van der Waals surface area contributed by atoms with Gasteiger partial charge in [-0.25, -0.2) is 0 Å². The number of carbonyl (C=O) groups is 2. The van der Waals surface area contributed by atoms with E-state index in [1.165, 1.54) is 0 Å². The first kappa shape index (κ1) is 15.7. The molecule has 1 heterocycles. The molecule has 1 unspecified atom stereocenters. The number of likely N-dealkylation sites (N-methyl/N-ethyl adjacent to an activating group) is 1. The molecule has 1 N–H and O–H groups in total. The van der Waals surface area contributed by atoms with Gasteiger partial charge in [0.05, 0.1) is 19.8 Å². The van der Waals surface area contributed by atoms with Gasteiger partial charge in [-0.3, -0.25) is 14.5 Å². The van der Waals surface area contributed by atoms with Crippen molar-refractivity contribution >= 4 is 11.7 Å². The van der Waals surface area contributed by atoms with Gasteiger partial charge in [-0.1, -0.05) is 17.7 Å². The zero-order valence-corrected chi connectivity index (χ0v) is 12.8. The Bertz CT molecular complexity index is 542. The second-order valence-corrected chi connectivity index (χ2v) is 5.42. The summed E-state index contributed by atoms with van der Waals surface area (Å²) in [7, 11) is 1.60. The van der Waals surface area contributed by atoms with Crippen molar-refractivity contribution in [3.05, 3.63) is 34.9 Å². The molecule has 1 aromatic carbocycles. The molecular formula is C16H22N2O3. The molecule has 1 amide bonds. The van der Waals surface area contributed by atoms with Gasteiger partial charge in [0.2, 0.25) is 5.91 Å². The number of hydrogen-bond donors (Lipinski definition) is 1. The number of amides is 1. The van der Waals surface area contributed by atoms with Gasteiger partial charge >= 0.3 is 0 Å². The number of ketones is 1. The molecular weight excluding hydrogens is 268 g/mol. The summed E-state index contributed by atoms with van der Waals surface area (Å²) >= 11 is 0. The largest absolute Gasteiger partial charge is 0.378 e. The van der Waals surface area contributed by atoms with Crippen molar-refractivity contribution in [2.24, 2.45) is 0 Å². The van der Waals surface area contributed by atoms with Crippen LogP contribution in [0, 0.1) is 13.8 Å². The Kier molecular flexibility index (Phi) is 5.09. The van der Waals surface area contributed by atoms with Crippen LogP contribution < -0.4 is 5.32 Å². The summed E-state index contributed by atoms with van der Waals surface area (Å²) < 4.78 is 5.35. The highest BCUT2D eigenvalue weighted by atomic mass is 16.5. The molecule has 0 bridgehead atoms. The highest BCUT2D eigenvalue weighted by molar-refractivity contribution is 5.99. The average molecular weight is 290 g/mol. The molecule has 114 valence electrons. The highest BCUT2D eigenvalue weighted by Crippen LogP contribution is 2.14. The summed E-state index contributed by atoms with van der Waals surface area (Å²) in [6.07, 6.45) is 0. The lowest BCUT2D eigenvalue weighted by Crippen LogP contribution is -2.54. The van der Waals surface area contributed by atoms with Crippen LogP contribution in [0.4, 0.5) is 0 Å². The van der Waals surface area contributed by atoms with Crippen LogP contribution in [0.2, 0.25) is 0 Å². The Morgan fingerprint density at radius 3 is 2.86 bits per heavy atom. The third-order valence-corrected chi connectivity index (χ3v) is 3.83. The highest BCUT2D eigenvalue weighted by Gasteiger charge is 2.30. The van der Waals surface area contributed by atoms with Crippen molar-refractivity contribution in [1.29, 1.82) is 0 Å². The van der Waals surface area contributed by atoms with Crippen LogP contribution >= 0.6 is 0 Å². The molecule has 1 saturated heterocycles. The standard InChI is InChI=1S/C16H22N2O3/c1-11-4-5-12(2)13(8-11)15(19)9-18-6-7-21-10-14(18)16(20)17-3/h4-5,8,14H,6-7,9-10H2,1-3H3,(H,17,20). The van der Waals surface area contributed by atoms with E-state index in [2.05, 4.69) is 5.32 Å². The van der Waals surface area contributed by atoms with E-state index in [1.54, 1.807) is 7.05 Å². The van der Waals surface area contributed by atoms with Gasteiger partial charge in [-0.15, -0.1) is 0 Å². The predicted molar refractivity (Wildman–Crippen MR) is 80.5 cm³/mol. The molecule has 0 saturated carbocycles. The first-order valence-electron chi connectivity index (χ1n) is 7.16. The number of ether oxygens (including phenoxy) is 1. The lowest BCUT2D eigenvalue weighted by atomic mass is 10.0. The lowest BCUT2D eigenvalue weighted by molar-refractivity contribution is -0.131. The zero-order chi connectivity index (χ0) is 15.4. The summed E-state index contributed by atoms with van der Waals surface area (Å²) in [5, 5.41) is 2.63. The molecule has 2 rings (SSSR count). The number of hydrogen-bond acceptors (Lipinski definition) is 4. The molecule has 5 nitrogen and oxygen atoms in total. The topological polar surface area (TPSA) is 58.6 Å². The van der Waals surface area contributed by atoms with Crippen molar-refractivity contribution in [2.45, 2.75) is 19.9 Å². The van der Waals surface area contributed by atoms with Gasteiger partial charge in [0, 0.05) is 19.2 Å². The Balaban J connectivity index is 2.13. The molecule has 0 aromatic heterocycles. The number of rotatable bonds is 4. The van der Waals surface area contributed by atoms with Crippen molar-refractivity contribution in [1.82, 2.24) is 10.2 Å². The van der Waals surface area contributed by atoms with Crippen LogP contribution in [-0.2, 0) is 9.53 Å². The van der Waals surface area contributed by atoms with Crippen LogP contribution in [0.15, 0.2) is 18.2 Å². The molecule has 0 aliphatic carbocycles. The van der Waals surface area contributed by atoms with Crippen LogP contribution in [0.1, 0.15) is 21.5 Å². The van der Waals surface area contributed by atoms with Crippen molar-refractivity contribution in [3.63, 3.8) is 0 Å². The smallest absolute Gasteiger partial charge is 0.239 e. The Hall–Kier alpha value is -1.72. The molecule has 1 aliphatic rings. The first-order chi connectivity index (χ1) is 10.0. The molecule has 1 fully saturated rings. The number of nitrogens with zero attached hydrogens (tertiary/aromatic N) is 1. The summed E-state index contributed by atoms with van der Waals surface area (Å²) in [5.41, 5.74) is 2.77. The fourth-order valence-electron chi connectivity index (χ4n) is 2.54. The number of aryl methyl sites for hydroxylation is 2. The van der Waals surface area contributed by atoms with E-state index in [0.717, 1.165) is 16.7 Å². The second-order valence-electron chi connectivity index (χ2n) is 5.42. The molecule has 0 spiro atoms. The Morgan fingerprint density at radius 1 is 1.38 bits per heavy atom. The average Bonchev–Trinajstić information content (AvgIpc) is 2.49. The Morgan fingerprint density at radius 2 is 2.14 bits per heavy atom. The maximum Gasteiger partial charge on any atom is 0.239 e. The number of carbonyl (C=O) groups excluding carboxylic acids is 2. The van der Waals surface area contributed by atoms with Gasteiger partial charge in [-0.05, 0) is 25.5 Å². The quantitative estimate of drug-likeness (QED) is 0.838. The van der Waals surface area contributed by atoms with Gasteiger partial charge in [0.15, 0.2) is 5.78 Å². The van der Waals surface area contributed by atoms with Crippen molar-refractivity contribution < 1.29 is 14.3 Å². The van der Waals surface area contributed by atoms with E-state index < -0.39 is 6.04 Å². The molecule has 1 aromatic rings. The minimum Gasteiger partial charge on any atom is -0.378 e. The Labute approximate surface area is 125 Å². The fourth-order valence-corrected chi connectivity index (χ4v) is 2.54. The number of morpholine rings is 1. The summed E-state index contributed by atoms with van der Waals surface area (Å²) in [6, 6.07) is 5.47. The monoisotopic (exact) mass is 290 g/mol. The third kappa shape index (κ3) is 3.68. The van der Waals surface area contributed by atoms with E-state index >= 15 is 0 Å². The summed E-state index contributed by atoms with van der Waals surface area (Å²) in [5.74, 6) is -0.0598. The fraction of sp³-hybridized carbons (Fsp3) is 0.500. The zero-order valence-electron chi connectivity index (χ0n) is 12.8. The van der Waals surface area contributed by atoms with Crippen LogP contribution in [0.3, 0.4) is 0 Å². The minimum absolute atomic E-state index is 0.0482. The molecule has 0 radical (unpaired) electrons. The maximum absolute atomic E-state index is 12.5. The van der Waals surface area contributed by atoms with Gasteiger partial charge in [0.1, 0.15) is 6.04 Å². The molecule has 1 atom stereocenters. The van der Waals surface area contributed by atoms with E-state index in [0.29, 0.717) is 19.8 Å². The minimum atomic E-state index is -0.391. The number of benzene rings is 1. The van der Waals surface area contributed by atoms with Crippen LogP contribution in [-0.4, -0.2) is 56.0 Å². The van der Waals surface area contributed by atoms with Gasteiger partial charge in [-0.2, -0.15) is 0 Å². The van der Waals surface area contributed by atoms with Gasteiger partial charge in [0.25, 0.3) is 0 Å². The van der Waals surface area contributed by atoms with E-state index in [9.17, 15) is 9.59 Å². The molecule has 1 aliphatic heterocycles. The number of nitrogens with one attached hydrogen (secondary N) is 1. The first-order valence-corrected chi connectivity index (χ1v) is 7.16. The van der Waals surface area contributed by atoms with Crippen molar-refractivity contribution in [3.8, 4) is 0 Å². The van der Waals surface area contributed by atoms with E-state index in [-0.39, 0.29) is 18.2 Å². The predicted octanol–water partition coefficient (Wildman–Crippen LogP) is 0.933. The molecule has 21 heavy (non-hydrogen) atoms. The SMILES string of the molecule is CNC(=O)C1COCCN1CC(=O)c1cc(C)ccc1C. The lowest BCUT2D eigenvalue weighted by Gasteiger charge is -2.33. The summed E-state index contributed by atoms with van der Waals surface area (Å²) in [6.45, 7) is 5.62. The van der Waals surface area contributed by atoms with E-state index in [4.69, 9.17) is 4.74 Å². The van der Waals surface area contributed by atoms with Crippen LogP contribution in [0.25, 0.3) is 0 Å². The number of Topliss-reactive ketones (excluding diaryl/α,β-unsaturated/α-hetero) is 1. The second kappa shape index (κ2) is 6.83. The third-order valence-electron chi connectivity index (χ3n) is 3.83. The normalized spacial score (nSPS) is 19.3. The van der Waals surface area contributed by atoms with Crippen LogP contribution in [0.5, 0.6) is 0 Å². The molecule has 5 heteroatoms.